The summed E-state index contributed by atoms with van der Waals surface area (Å²) in [6.07, 6.45) is 1.90. The Balaban J connectivity index is 2.44. The first-order valence-electron chi connectivity index (χ1n) is 4.84. The van der Waals surface area contributed by atoms with Gasteiger partial charge in [0, 0.05) is 3.57 Å². The van der Waals surface area contributed by atoms with E-state index in [2.05, 4.69) is 27.5 Å². The lowest BCUT2D eigenvalue weighted by molar-refractivity contribution is -0.241. The Morgan fingerprint density at radius 2 is 2.13 bits per heavy atom. The first-order valence-corrected chi connectivity index (χ1v) is 5.92. The zero-order valence-electron chi connectivity index (χ0n) is 8.53. The van der Waals surface area contributed by atoms with Crippen molar-refractivity contribution < 1.29 is 14.6 Å². The molecule has 1 aromatic carbocycles. The molecule has 0 aromatic heterocycles. The maximum Gasteiger partial charge on any atom is 0.374 e. The molecule has 0 amide bonds. The van der Waals surface area contributed by atoms with E-state index < -0.39 is 5.97 Å². The number of carbonyl (C=O) groups is 1. The third-order valence-corrected chi connectivity index (χ3v) is 2.75. The van der Waals surface area contributed by atoms with Crippen LogP contribution in [0.5, 0.6) is 0 Å². The van der Waals surface area contributed by atoms with Crippen LogP contribution in [-0.2, 0) is 9.78 Å². The van der Waals surface area contributed by atoms with E-state index >= 15 is 0 Å². The van der Waals surface area contributed by atoms with Gasteiger partial charge in [-0.1, -0.05) is 25.5 Å². The van der Waals surface area contributed by atoms with Crippen molar-refractivity contribution in [2.24, 2.45) is 0 Å². The summed E-state index contributed by atoms with van der Waals surface area (Å²) in [6, 6.07) is 7.23. The van der Waals surface area contributed by atoms with Crippen LogP contribution in [0, 0.1) is 3.57 Å². The fourth-order valence-corrected chi connectivity index (χ4v) is 1.58. The molecule has 0 aliphatic carbocycles. The molecule has 0 N–H and O–H groups in total. The minimum Gasteiger partial charge on any atom is -0.293 e. The first-order chi connectivity index (χ1) is 7.25. The average Bonchev–Trinajstić information content (AvgIpc) is 2.25. The second-order valence-electron chi connectivity index (χ2n) is 3.03. The maximum atomic E-state index is 11.5. The minimum atomic E-state index is -0.434. The van der Waals surface area contributed by atoms with Crippen LogP contribution in [0.15, 0.2) is 24.3 Å². The summed E-state index contributed by atoms with van der Waals surface area (Å²) in [5.41, 5.74) is 0.537. The lowest BCUT2D eigenvalue weighted by Gasteiger charge is -2.04. The lowest BCUT2D eigenvalue weighted by atomic mass is 10.2. The van der Waals surface area contributed by atoms with Crippen molar-refractivity contribution in [1.82, 2.24) is 0 Å². The maximum absolute atomic E-state index is 11.5. The molecule has 0 aliphatic rings. The highest BCUT2D eigenvalue weighted by molar-refractivity contribution is 14.1. The molecule has 0 unspecified atom stereocenters. The van der Waals surface area contributed by atoms with E-state index in [1.165, 1.54) is 0 Å². The van der Waals surface area contributed by atoms with E-state index in [4.69, 9.17) is 4.89 Å². The fraction of sp³-hybridized carbons (Fsp3) is 0.364. The zero-order chi connectivity index (χ0) is 11.1. The van der Waals surface area contributed by atoms with Gasteiger partial charge in [0.25, 0.3) is 0 Å². The molecule has 15 heavy (non-hydrogen) atoms. The van der Waals surface area contributed by atoms with Gasteiger partial charge in [0.2, 0.25) is 0 Å². The van der Waals surface area contributed by atoms with E-state index in [0.717, 1.165) is 16.4 Å². The van der Waals surface area contributed by atoms with Crippen LogP contribution in [0.3, 0.4) is 0 Å². The molecule has 0 radical (unpaired) electrons. The third-order valence-electron chi connectivity index (χ3n) is 1.81. The molecule has 4 heteroatoms. The number of unbranched alkanes of at least 4 members (excludes halogenated alkanes) is 1. The molecule has 0 aliphatic heterocycles. The molecule has 3 nitrogen and oxygen atoms in total. The molecule has 0 fully saturated rings. The van der Waals surface area contributed by atoms with Gasteiger partial charge in [-0.3, -0.25) is 4.89 Å². The van der Waals surface area contributed by atoms with E-state index in [0.29, 0.717) is 12.2 Å². The Kier molecular flexibility index (Phi) is 5.63. The minimum absolute atomic E-state index is 0.434. The van der Waals surface area contributed by atoms with Crippen LogP contribution in [0.25, 0.3) is 0 Å². The second kappa shape index (κ2) is 6.79. The van der Waals surface area contributed by atoms with Gasteiger partial charge in [0.15, 0.2) is 0 Å². The van der Waals surface area contributed by atoms with Crippen molar-refractivity contribution in [3.63, 3.8) is 0 Å². The molecule has 0 heterocycles. The van der Waals surface area contributed by atoms with E-state index in [-0.39, 0.29) is 0 Å². The van der Waals surface area contributed by atoms with Crippen molar-refractivity contribution in [3.8, 4) is 0 Å². The van der Waals surface area contributed by atoms with Gasteiger partial charge in [-0.2, -0.15) is 4.89 Å². The number of hydrogen-bond donors (Lipinski definition) is 0. The summed E-state index contributed by atoms with van der Waals surface area (Å²) in [7, 11) is 0. The van der Waals surface area contributed by atoms with Gasteiger partial charge in [-0.25, -0.2) is 4.79 Å². The monoisotopic (exact) mass is 320 g/mol. The topological polar surface area (TPSA) is 35.5 Å². The van der Waals surface area contributed by atoms with E-state index in [9.17, 15) is 4.79 Å². The molecule has 0 spiro atoms. The number of benzene rings is 1. The van der Waals surface area contributed by atoms with E-state index in [1.807, 2.05) is 19.1 Å². The standard InChI is InChI=1S/C11H13IO3/c1-2-3-8-14-15-11(13)9-6-4-5-7-10(9)12/h4-7H,2-3,8H2,1H3. The van der Waals surface area contributed by atoms with Gasteiger partial charge in [0.05, 0.1) is 12.2 Å². The summed E-state index contributed by atoms with van der Waals surface area (Å²) in [6.45, 7) is 2.50. The lowest BCUT2D eigenvalue weighted by Crippen LogP contribution is -2.08. The largest absolute Gasteiger partial charge is 0.374 e. The van der Waals surface area contributed by atoms with Gasteiger partial charge >= 0.3 is 5.97 Å². The summed E-state index contributed by atoms with van der Waals surface area (Å²) < 4.78 is 0.860. The SMILES string of the molecule is CCCCOOC(=O)c1ccccc1I. The van der Waals surface area contributed by atoms with Gasteiger partial charge in [-0.05, 0) is 41.1 Å². The Bertz CT molecular complexity index is 325. The van der Waals surface area contributed by atoms with Crippen LogP contribution in [-0.4, -0.2) is 12.6 Å². The van der Waals surface area contributed by atoms with Gasteiger partial charge in [0.1, 0.15) is 0 Å². The highest BCUT2D eigenvalue weighted by atomic mass is 127. The predicted octanol–water partition coefficient (Wildman–Crippen LogP) is 3.18. The van der Waals surface area contributed by atoms with Crippen molar-refractivity contribution in [3.05, 3.63) is 33.4 Å². The molecular weight excluding hydrogens is 307 g/mol. The van der Waals surface area contributed by atoms with Crippen LogP contribution in [0.1, 0.15) is 30.1 Å². The molecule has 1 aromatic rings. The predicted molar refractivity (Wildman–Crippen MR) is 65.4 cm³/mol. The van der Waals surface area contributed by atoms with Crippen LogP contribution < -0.4 is 0 Å². The average molecular weight is 320 g/mol. The zero-order valence-corrected chi connectivity index (χ0v) is 10.7. The van der Waals surface area contributed by atoms with Crippen molar-refractivity contribution in [2.75, 3.05) is 6.61 Å². The van der Waals surface area contributed by atoms with E-state index in [1.54, 1.807) is 12.1 Å². The Morgan fingerprint density at radius 1 is 1.40 bits per heavy atom. The second-order valence-corrected chi connectivity index (χ2v) is 4.19. The number of carbonyl (C=O) groups excluding carboxylic acids is 1. The third kappa shape index (κ3) is 4.17. The van der Waals surface area contributed by atoms with Crippen molar-refractivity contribution >= 4 is 28.6 Å². The van der Waals surface area contributed by atoms with Crippen LogP contribution in [0.4, 0.5) is 0 Å². The van der Waals surface area contributed by atoms with Crippen LogP contribution >= 0.6 is 22.6 Å². The molecular formula is C11H13IO3. The van der Waals surface area contributed by atoms with Gasteiger partial charge in [-0.15, -0.1) is 0 Å². The summed E-state index contributed by atoms with van der Waals surface area (Å²) in [4.78, 5) is 20.9. The van der Waals surface area contributed by atoms with Crippen LogP contribution in [0.2, 0.25) is 0 Å². The number of halogens is 1. The van der Waals surface area contributed by atoms with Crippen molar-refractivity contribution in [1.29, 1.82) is 0 Å². The Morgan fingerprint density at radius 3 is 2.80 bits per heavy atom. The van der Waals surface area contributed by atoms with Crippen molar-refractivity contribution in [2.45, 2.75) is 19.8 Å². The molecule has 0 saturated heterocycles. The fourth-order valence-electron chi connectivity index (χ4n) is 0.970. The highest BCUT2D eigenvalue weighted by Gasteiger charge is 2.11. The molecule has 82 valence electrons. The Hall–Kier alpha value is -0.620. The quantitative estimate of drug-likeness (QED) is 0.362. The Labute approximate surface area is 103 Å². The molecule has 1 rings (SSSR count). The molecule has 0 atom stereocenters. The summed E-state index contributed by atoms with van der Waals surface area (Å²) >= 11 is 2.09. The smallest absolute Gasteiger partial charge is 0.293 e. The summed E-state index contributed by atoms with van der Waals surface area (Å²) in [5, 5.41) is 0. The summed E-state index contributed by atoms with van der Waals surface area (Å²) in [5.74, 6) is -0.434. The first kappa shape index (κ1) is 12.4. The highest BCUT2D eigenvalue weighted by Crippen LogP contribution is 2.12. The normalized spacial score (nSPS) is 10.0. The number of hydrogen-bond acceptors (Lipinski definition) is 3. The van der Waals surface area contributed by atoms with Gasteiger partial charge < -0.3 is 0 Å². The molecule has 0 bridgehead atoms. The number of rotatable bonds is 5. The molecule has 0 saturated carbocycles.